The molecule has 1 aromatic carbocycles. The molecule has 1 unspecified atom stereocenters. The number of aryl methyl sites for hydroxylation is 1. The number of nitrogens with one attached hydrogen (secondary N) is 1. The number of methoxy groups -OCH3 is 1. The molecule has 0 bridgehead atoms. The van der Waals surface area contributed by atoms with Gasteiger partial charge in [-0.2, -0.15) is 0 Å². The highest BCUT2D eigenvalue weighted by molar-refractivity contribution is 5.72. The van der Waals surface area contributed by atoms with E-state index in [0.29, 0.717) is 25.3 Å². The summed E-state index contributed by atoms with van der Waals surface area (Å²) in [6.45, 7) is 5.87. The SMILES string of the molecule is CCCC(Oc1c(C)cccc1CNCCOC)C(=O)O. The van der Waals surface area contributed by atoms with E-state index in [0.717, 1.165) is 24.1 Å². The third-order valence-corrected chi connectivity index (χ3v) is 3.18. The highest BCUT2D eigenvalue weighted by Gasteiger charge is 2.20. The predicted molar refractivity (Wildman–Crippen MR) is 81.7 cm³/mol. The van der Waals surface area contributed by atoms with Crippen molar-refractivity contribution in [2.75, 3.05) is 20.3 Å². The second kappa shape index (κ2) is 9.37. The first-order valence-corrected chi connectivity index (χ1v) is 7.27. The molecule has 5 nitrogen and oxygen atoms in total. The standard InChI is InChI=1S/C16H25NO4/c1-4-6-14(16(18)19)21-15-12(2)7-5-8-13(15)11-17-9-10-20-3/h5,7-8,14,17H,4,6,9-11H2,1-3H3,(H,18,19). The Bertz CT molecular complexity index is 448. The second-order valence-electron chi connectivity index (χ2n) is 4.97. The Morgan fingerprint density at radius 2 is 2.19 bits per heavy atom. The molecule has 0 radical (unpaired) electrons. The van der Waals surface area contributed by atoms with Gasteiger partial charge in [-0.1, -0.05) is 31.5 Å². The van der Waals surface area contributed by atoms with Gasteiger partial charge in [0.1, 0.15) is 5.75 Å². The van der Waals surface area contributed by atoms with Gasteiger partial charge < -0.3 is 19.9 Å². The highest BCUT2D eigenvalue weighted by atomic mass is 16.5. The smallest absolute Gasteiger partial charge is 0.344 e. The van der Waals surface area contributed by atoms with E-state index in [1.807, 2.05) is 32.0 Å². The van der Waals surface area contributed by atoms with Crippen molar-refractivity contribution >= 4 is 5.97 Å². The fourth-order valence-electron chi connectivity index (χ4n) is 2.06. The Hall–Kier alpha value is -1.59. The maximum atomic E-state index is 11.3. The van der Waals surface area contributed by atoms with E-state index >= 15 is 0 Å². The molecular formula is C16H25NO4. The van der Waals surface area contributed by atoms with Crippen LogP contribution in [0.3, 0.4) is 0 Å². The first-order chi connectivity index (χ1) is 10.1. The van der Waals surface area contributed by atoms with Gasteiger partial charge in [0.25, 0.3) is 0 Å². The monoisotopic (exact) mass is 295 g/mol. The van der Waals surface area contributed by atoms with Crippen molar-refractivity contribution in [2.45, 2.75) is 39.3 Å². The van der Waals surface area contributed by atoms with Gasteiger partial charge in [0.2, 0.25) is 0 Å². The van der Waals surface area contributed by atoms with Crippen molar-refractivity contribution < 1.29 is 19.4 Å². The number of carboxylic acids is 1. The first kappa shape index (κ1) is 17.5. The minimum atomic E-state index is -0.918. The van der Waals surface area contributed by atoms with E-state index in [-0.39, 0.29) is 0 Å². The molecule has 0 saturated heterocycles. The molecule has 0 saturated carbocycles. The van der Waals surface area contributed by atoms with Gasteiger partial charge in [-0.05, 0) is 18.9 Å². The zero-order valence-electron chi connectivity index (χ0n) is 13.0. The zero-order chi connectivity index (χ0) is 15.7. The van der Waals surface area contributed by atoms with Gasteiger partial charge >= 0.3 is 5.97 Å². The Kier molecular flexibility index (Phi) is 7.79. The van der Waals surface area contributed by atoms with Crippen molar-refractivity contribution in [1.82, 2.24) is 5.32 Å². The fourth-order valence-corrected chi connectivity index (χ4v) is 2.06. The van der Waals surface area contributed by atoms with Crippen LogP contribution in [0.1, 0.15) is 30.9 Å². The van der Waals surface area contributed by atoms with E-state index in [9.17, 15) is 9.90 Å². The molecule has 118 valence electrons. The van der Waals surface area contributed by atoms with Gasteiger partial charge in [0.15, 0.2) is 6.10 Å². The van der Waals surface area contributed by atoms with Gasteiger partial charge in [0, 0.05) is 25.8 Å². The van der Waals surface area contributed by atoms with E-state index in [1.165, 1.54) is 0 Å². The Labute approximate surface area is 126 Å². The molecule has 0 spiro atoms. The van der Waals surface area contributed by atoms with Crippen LogP contribution < -0.4 is 10.1 Å². The number of rotatable bonds is 10. The van der Waals surface area contributed by atoms with Crippen molar-refractivity contribution in [3.63, 3.8) is 0 Å². The molecule has 1 rings (SSSR count). The summed E-state index contributed by atoms with van der Waals surface area (Å²) in [5.41, 5.74) is 1.91. The molecule has 0 aliphatic carbocycles. The molecule has 2 N–H and O–H groups in total. The van der Waals surface area contributed by atoms with Crippen molar-refractivity contribution in [3.8, 4) is 5.75 Å². The summed E-state index contributed by atoms with van der Waals surface area (Å²) in [7, 11) is 1.66. The molecule has 1 atom stereocenters. The molecule has 0 fully saturated rings. The molecule has 0 aliphatic rings. The predicted octanol–water partition coefficient (Wildman–Crippen LogP) is 2.36. The quantitative estimate of drug-likeness (QED) is 0.649. The van der Waals surface area contributed by atoms with Crippen LogP contribution in [-0.4, -0.2) is 37.4 Å². The minimum absolute atomic E-state index is 0.500. The number of ether oxygens (including phenoxy) is 2. The van der Waals surface area contributed by atoms with E-state index in [2.05, 4.69) is 5.32 Å². The molecule has 0 amide bonds. The molecule has 21 heavy (non-hydrogen) atoms. The number of aliphatic carboxylic acids is 1. The lowest BCUT2D eigenvalue weighted by Gasteiger charge is -2.19. The number of benzene rings is 1. The van der Waals surface area contributed by atoms with Crippen molar-refractivity contribution in [1.29, 1.82) is 0 Å². The molecule has 1 aromatic rings. The average molecular weight is 295 g/mol. The average Bonchev–Trinajstić information content (AvgIpc) is 2.45. The van der Waals surface area contributed by atoms with Crippen LogP contribution in [0.2, 0.25) is 0 Å². The van der Waals surface area contributed by atoms with E-state index < -0.39 is 12.1 Å². The van der Waals surface area contributed by atoms with Gasteiger partial charge in [0.05, 0.1) is 6.61 Å². The summed E-state index contributed by atoms with van der Waals surface area (Å²) in [4.78, 5) is 11.3. The summed E-state index contributed by atoms with van der Waals surface area (Å²) in [6.07, 6.45) is 0.471. The van der Waals surface area contributed by atoms with E-state index in [4.69, 9.17) is 9.47 Å². The van der Waals surface area contributed by atoms with Crippen LogP contribution in [0.5, 0.6) is 5.75 Å². The van der Waals surface area contributed by atoms with Crippen LogP contribution in [0, 0.1) is 6.92 Å². The topological polar surface area (TPSA) is 67.8 Å². The lowest BCUT2D eigenvalue weighted by Crippen LogP contribution is -2.28. The van der Waals surface area contributed by atoms with Gasteiger partial charge in [-0.25, -0.2) is 4.79 Å². The van der Waals surface area contributed by atoms with Crippen LogP contribution in [0.15, 0.2) is 18.2 Å². The Morgan fingerprint density at radius 3 is 2.81 bits per heavy atom. The molecule has 0 heterocycles. The second-order valence-corrected chi connectivity index (χ2v) is 4.97. The molecule has 0 aromatic heterocycles. The third-order valence-electron chi connectivity index (χ3n) is 3.18. The Morgan fingerprint density at radius 1 is 1.43 bits per heavy atom. The highest BCUT2D eigenvalue weighted by Crippen LogP contribution is 2.25. The summed E-state index contributed by atoms with van der Waals surface area (Å²) in [5.74, 6) is -0.248. The van der Waals surface area contributed by atoms with Crippen LogP contribution in [0.25, 0.3) is 0 Å². The number of hydrogen-bond donors (Lipinski definition) is 2. The molecule has 5 heteroatoms. The third kappa shape index (κ3) is 5.73. The fraction of sp³-hybridized carbons (Fsp3) is 0.562. The molecular weight excluding hydrogens is 270 g/mol. The van der Waals surface area contributed by atoms with Gasteiger partial charge in [-0.15, -0.1) is 0 Å². The van der Waals surface area contributed by atoms with Crippen molar-refractivity contribution in [3.05, 3.63) is 29.3 Å². The Balaban J connectivity index is 2.80. The maximum absolute atomic E-state index is 11.3. The largest absolute Gasteiger partial charge is 0.479 e. The minimum Gasteiger partial charge on any atom is -0.479 e. The summed E-state index contributed by atoms with van der Waals surface area (Å²) < 4.78 is 10.8. The maximum Gasteiger partial charge on any atom is 0.344 e. The lowest BCUT2D eigenvalue weighted by molar-refractivity contribution is -0.145. The van der Waals surface area contributed by atoms with Crippen LogP contribution >= 0.6 is 0 Å². The van der Waals surface area contributed by atoms with Gasteiger partial charge in [-0.3, -0.25) is 0 Å². The lowest BCUT2D eigenvalue weighted by atomic mass is 10.1. The number of carbonyl (C=O) groups is 1. The van der Waals surface area contributed by atoms with Crippen LogP contribution in [0.4, 0.5) is 0 Å². The van der Waals surface area contributed by atoms with Crippen LogP contribution in [-0.2, 0) is 16.1 Å². The molecule has 0 aliphatic heterocycles. The number of para-hydroxylation sites is 1. The number of hydrogen-bond acceptors (Lipinski definition) is 4. The van der Waals surface area contributed by atoms with E-state index in [1.54, 1.807) is 7.11 Å². The summed E-state index contributed by atoms with van der Waals surface area (Å²) in [5, 5.41) is 12.5. The summed E-state index contributed by atoms with van der Waals surface area (Å²) in [6, 6.07) is 5.83. The zero-order valence-corrected chi connectivity index (χ0v) is 13.0. The van der Waals surface area contributed by atoms with Crippen molar-refractivity contribution in [2.24, 2.45) is 0 Å². The normalized spacial score (nSPS) is 12.1. The first-order valence-electron chi connectivity index (χ1n) is 7.27. The summed E-state index contributed by atoms with van der Waals surface area (Å²) >= 11 is 0. The number of carboxylic acid groups (broad SMARTS) is 1.